The second kappa shape index (κ2) is 4.37. The molecule has 1 N–H and O–H groups in total. The molecule has 3 aliphatic rings. The highest BCUT2D eigenvalue weighted by Gasteiger charge is 2.52. The highest BCUT2D eigenvalue weighted by atomic mass is 16.3. The Morgan fingerprint density at radius 1 is 1.62 bits per heavy atom. The van der Waals surface area contributed by atoms with Crippen LogP contribution in [-0.4, -0.2) is 11.7 Å². The third kappa shape index (κ3) is 1.86. The Morgan fingerprint density at radius 3 is 2.94 bits per heavy atom. The molecule has 0 amide bonds. The number of hydrogen-bond acceptors (Lipinski definition) is 1. The molecule has 0 aromatic rings. The molecule has 3 unspecified atom stereocenters. The third-order valence-electron chi connectivity index (χ3n) is 4.95. The topological polar surface area (TPSA) is 20.2 Å². The summed E-state index contributed by atoms with van der Waals surface area (Å²) in [4.78, 5) is 0. The van der Waals surface area contributed by atoms with Crippen molar-refractivity contribution in [1.82, 2.24) is 0 Å². The lowest BCUT2D eigenvalue weighted by atomic mass is 9.47. The van der Waals surface area contributed by atoms with Gasteiger partial charge in [0.1, 0.15) is 0 Å². The van der Waals surface area contributed by atoms with Crippen molar-refractivity contribution in [3.8, 4) is 0 Å². The largest absolute Gasteiger partial charge is 0.392 e. The fourth-order valence-corrected chi connectivity index (χ4v) is 3.56. The lowest BCUT2D eigenvalue weighted by Gasteiger charge is -2.58. The smallest absolute Gasteiger partial charge is 0.0639 e. The van der Waals surface area contributed by atoms with Gasteiger partial charge in [-0.25, -0.2) is 0 Å². The summed E-state index contributed by atoms with van der Waals surface area (Å²) in [7, 11) is 0. The zero-order valence-corrected chi connectivity index (χ0v) is 10.8. The molecule has 3 atom stereocenters. The van der Waals surface area contributed by atoms with Crippen molar-refractivity contribution in [3.63, 3.8) is 0 Å². The number of hydrogen-bond donors (Lipinski definition) is 1. The van der Waals surface area contributed by atoms with Crippen molar-refractivity contribution in [1.29, 1.82) is 0 Å². The van der Waals surface area contributed by atoms with Crippen LogP contribution in [0.4, 0.5) is 0 Å². The lowest BCUT2D eigenvalue weighted by Crippen LogP contribution is -2.49. The Hall–Kier alpha value is -0.560. The Kier molecular flexibility index (Phi) is 3.25. The first kappa shape index (κ1) is 11.9. The van der Waals surface area contributed by atoms with Gasteiger partial charge in [0.15, 0.2) is 0 Å². The van der Waals surface area contributed by atoms with Gasteiger partial charge >= 0.3 is 0 Å². The van der Waals surface area contributed by atoms with Crippen LogP contribution in [0, 0.1) is 17.3 Å². The standard InChI is InChI=1S/C15H24O/c1-11(10-16)5-4-8-15(3)13-7-6-12(2)14(15)9-13/h5-6,13-14,16H,4,7-10H2,1-3H3/b11-5-. The highest BCUT2D eigenvalue weighted by Crippen LogP contribution is 2.61. The van der Waals surface area contributed by atoms with Gasteiger partial charge in [-0.05, 0) is 56.8 Å². The van der Waals surface area contributed by atoms with E-state index in [1.165, 1.54) is 19.3 Å². The average Bonchev–Trinajstić information content (AvgIpc) is 2.28. The van der Waals surface area contributed by atoms with Crippen molar-refractivity contribution in [2.45, 2.75) is 46.5 Å². The minimum atomic E-state index is 0.211. The van der Waals surface area contributed by atoms with E-state index in [2.05, 4.69) is 26.0 Å². The van der Waals surface area contributed by atoms with Crippen LogP contribution >= 0.6 is 0 Å². The number of aliphatic hydroxyl groups is 1. The number of rotatable bonds is 4. The maximum Gasteiger partial charge on any atom is 0.0639 e. The van der Waals surface area contributed by atoms with Gasteiger partial charge in [-0.15, -0.1) is 0 Å². The zero-order chi connectivity index (χ0) is 11.8. The van der Waals surface area contributed by atoms with E-state index < -0.39 is 0 Å². The summed E-state index contributed by atoms with van der Waals surface area (Å²) in [5, 5.41) is 8.96. The molecule has 0 aliphatic heterocycles. The Morgan fingerprint density at radius 2 is 2.38 bits per heavy atom. The van der Waals surface area contributed by atoms with Gasteiger partial charge < -0.3 is 5.11 Å². The van der Waals surface area contributed by atoms with E-state index in [4.69, 9.17) is 5.11 Å². The van der Waals surface area contributed by atoms with Crippen molar-refractivity contribution >= 4 is 0 Å². The first-order valence-corrected chi connectivity index (χ1v) is 6.51. The Balaban J connectivity index is 1.94. The maximum atomic E-state index is 8.96. The fraction of sp³-hybridized carbons (Fsp3) is 0.733. The molecule has 16 heavy (non-hydrogen) atoms. The van der Waals surface area contributed by atoms with E-state index >= 15 is 0 Å². The Labute approximate surface area is 99.3 Å². The van der Waals surface area contributed by atoms with E-state index in [1.54, 1.807) is 5.57 Å². The van der Waals surface area contributed by atoms with E-state index in [0.29, 0.717) is 5.41 Å². The molecule has 1 fully saturated rings. The van der Waals surface area contributed by atoms with Crippen molar-refractivity contribution < 1.29 is 5.11 Å². The first-order chi connectivity index (χ1) is 7.58. The molecule has 90 valence electrons. The predicted molar refractivity (Wildman–Crippen MR) is 68.2 cm³/mol. The zero-order valence-electron chi connectivity index (χ0n) is 10.8. The number of allylic oxidation sites excluding steroid dienone is 3. The van der Waals surface area contributed by atoms with Crippen LogP contribution in [0.5, 0.6) is 0 Å². The van der Waals surface area contributed by atoms with Crippen LogP contribution in [0.2, 0.25) is 0 Å². The SMILES string of the molecule is CC1=CCC2CC1C2(C)CC/C=C(/C)CO. The van der Waals surface area contributed by atoms with Crippen LogP contribution < -0.4 is 0 Å². The molecule has 1 saturated carbocycles. The van der Waals surface area contributed by atoms with E-state index in [-0.39, 0.29) is 6.61 Å². The quantitative estimate of drug-likeness (QED) is 0.716. The highest BCUT2D eigenvalue weighted by molar-refractivity contribution is 5.22. The summed E-state index contributed by atoms with van der Waals surface area (Å²) < 4.78 is 0. The van der Waals surface area contributed by atoms with Gasteiger partial charge in [0, 0.05) is 0 Å². The lowest BCUT2D eigenvalue weighted by molar-refractivity contribution is -0.0312. The molecule has 1 heteroatoms. The average molecular weight is 220 g/mol. The second-order valence-electron chi connectivity index (χ2n) is 5.92. The predicted octanol–water partition coefficient (Wildman–Crippen LogP) is 3.70. The molecular weight excluding hydrogens is 196 g/mol. The monoisotopic (exact) mass is 220 g/mol. The maximum absolute atomic E-state index is 8.96. The van der Waals surface area contributed by atoms with Crippen LogP contribution in [-0.2, 0) is 0 Å². The van der Waals surface area contributed by atoms with Crippen molar-refractivity contribution in [2.75, 3.05) is 6.61 Å². The second-order valence-corrected chi connectivity index (χ2v) is 5.92. The first-order valence-electron chi connectivity index (χ1n) is 6.51. The minimum Gasteiger partial charge on any atom is -0.392 e. The molecule has 0 aromatic carbocycles. The molecule has 1 nitrogen and oxygen atoms in total. The molecule has 2 bridgehead atoms. The van der Waals surface area contributed by atoms with Crippen LogP contribution in [0.1, 0.15) is 46.5 Å². The van der Waals surface area contributed by atoms with Crippen LogP contribution in [0.15, 0.2) is 23.3 Å². The number of aliphatic hydroxyl groups excluding tert-OH is 1. The molecule has 0 aromatic heterocycles. The molecular formula is C15H24O. The van der Waals surface area contributed by atoms with Gasteiger partial charge in [0.25, 0.3) is 0 Å². The van der Waals surface area contributed by atoms with E-state index in [0.717, 1.165) is 23.8 Å². The van der Waals surface area contributed by atoms with Crippen LogP contribution in [0.25, 0.3) is 0 Å². The molecule has 0 saturated heterocycles. The molecule has 3 rings (SSSR count). The minimum absolute atomic E-state index is 0.211. The summed E-state index contributed by atoms with van der Waals surface area (Å²) in [5.74, 6) is 1.76. The third-order valence-corrected chi connectivity index (χ3v) is 4.95. The van der Waals surface area contributed by atoms with Gasteiger partial charge in [-0.1, -0.05) is 30.2 Å². The van der Waals surface area contributed by atoms with Gasteiger partial charge in [-0.2, -0.15) is 0 Å². The molecule has 0 heterocycles. The van der Waals surface area contributed by atoms with Gasteiger partial charge in [0.05, 0.1) is 6.61 Å². The van der Waals surface area contributed by atoms with E-state index in [1.807, 2.05) is 6.92 Å². The molecule has 0 radical (unpaired) electrons. The van der Waals surface area contributed by atoms with Crippen molar-refractivity contribution in [3.05, 3.63) is 23.3 Å². The van der Waals surface area contributed by atoms with Crippen molar-refractivity contribution in [2.24, 2.45) is 17.3 Å². The van der Waals surface area contributed by atoms with Gasteiger partial charge in [0.2, 0.25) is 0 Å². The summed E-state index contributed by atoms with van der Waals surface area (Å²) in [6.45, 7) is 6.98. The summed E-state index contributed by atoms with van der Waals surface area (Å²) in [6.07, 6.45) is 9.77. The van der Waals surface area contributed by atoms with Crippen LogP contribution in [0.3, 0.4) is 0 Å². The summed E-state index contributed by atoms with van der Waals surface area (Å²) in [6, 6.07) is 0. The summed E-state index contributed by atoms with van der Waals surface area (Å²) >= 11 is 0. The molecule has 3 aliphatic carbocycles. The Bertz CT molecular complexity index is 326. The fourth-order valence-electron chi connectivity index (χ4n) is 3.56. The molecule has 0 spiro atoms. The van der Waals surface area contributed by atoms with Gasteiger partial charge in [-0.3, -0.25) is 0 Å². The summed E-state index contributed by atoms with van der Waals surface area (Å²) in [5.41, 5.74) is 3.28. The number of fused-ring (bicyclic) bond motifs is 1. The normalized spacial score (nSPS) is 38.0. The van der Waals surface area contributed by atoms with E-state index in [9.17, 15) is 0 Å².